The van der Waals surface area contributed by atoms with Gasteiger partial charge in [-0.1, -0.05) is 30.3 Å². The number of nitrogens with one attached hydrogen (secondary N) is 1. The van der Waals surface area contributed by atoms with Gasteiger partial charge in [-0.15, -0.1) is 0 Å². The topological polar surface area (TPSA) is 12.0 Å². The van der Waals surface area contributed by atoms with Crippen molar-refractivity contribution in [3.05, 3.63) is 35.9 Å². The first kappa shape index (κ1) is 9.99. The summed E-state index contributed by atoms with van der Waals surface area (Å²) in [4.78, 5) is 0. The summed E-state index contributed by atoms with van der Waals surface area (Å²) in [5, 5.41) is 0. The van der Waals surface area contributed by atoms with E-state index in [1.54, 1.807) is 0 Å². The van der Waals surface area contributed by atoms with E-state index in [1.807, 2.05) is 0 Å². The summed E-state index contributed by atoms with van der Waals surface area (Å²) in [6, 6.07) is 10.7. The molecule has 12 heavy (non-hydrogen) atoms. The Hall–Kier alpha value is -0.0900. The molecule has 0 aliphatic rings. The van der Waals surface area contributed by atoms with Gasteiger partial charge in [-0.25, -0.2) is 0 Å². The highest BCUT2D eigenvalue weighted by molar-refractivity contribution is 14.1. The van der Waals surface area contributed by atoms with Gasteiger partial charge in [0.05, 0.1) is 0 Å². The summed E-state index contributed by atoms with van der Waals surface area (Å²) >= 11 is 2.19. The van der Waals surface area contributed by atoms with Gasteiger partial charge in [-0.05, 0) is 24.8 Å². The molecule has 0 heterocycles. The maximum absolute atomic E-state index is 3.12. The number of hydrogen-bond donors (Lipinski definition) is 1. The van der Waals surface area contributed by atoms with Gasteiger partial charge in [-0.3, -0.25) is 3.53 Å². The van der Waals surface area contributed by atoms with Crippen molar-refractivity contribution in [1.82, 2.24) is 3.53 Å². The van der Waals surface area contributed by atoms with Crippen LogP contribution in [-0.4, -0.2) is 6.54 Å². The molecule has 2 heteroatoms. The second kappa shape index (κ2) is 6.43. The molecule has 0 radical (unpaired) electrons. The average Bonchev–Trinajstić information content (AvgIpc) is 2.14. The molecule has 0 amide bonds. The van der Waals surface area contributed by atoms with E-state index < -0.39 is 0 Å². The Morgan fingerprint density at radius 2 is 1.83 bits per heavy atom. The van der Waals surface area contributed by atoms with Crippen molar-refractivity contribution >= 4 is 22.9 Å². The summed E-state index contributed by atoms with van der Waals surface area (Å²) in [5.41, 5.74) is 1.45. The molecule has 0 aliphatic carbocycles. The van der Waals surface area contributed by atoms with E-state index in [0.29, 0.717) is 0 Å². The zero-order valence-electron chi connectivity index (χ0n) is 7.09. The van der Waals surface area contributed by atoms with E-state index in [0.717, 1.165) is 6.54 Å². The second-order valence-corrected chi connectivity index (χ2v) is 3.59. The minimum atomic E-state index is 1.12. The van der Waals surface area contributed by atoms with Crippen LogP contribution in [0.3, 0.4) is 0 Å². The normalized spacial score (nSPS) is 10.1. The fourth-order valence-corrected chi connectivity index (χ4v) is 1.55. The summed E-state index contributed by atoms with van der Waals surface area (Å²) in [7, 11) is 0. The molecule has 0 aliphatic heterocycles. The monoisotopic (exact) mass is 275 g/mol. The number of hydrogen-bond acceptors (Lipinski definition) is 1. The Morgan fingerprint density at radius 3 is 2.50 bits per heavy atom. The van der Waals surface area contributed by atoms with Gasteiger partial charge >= 0.3 is 0 Å². The third-order valence-corrected chi connectivity index (χ3v) is 2.37. The molecule has 0 spiro atoms. The molecule has 0 aromatic heterocycles. The van der Waals surface area contributed by atoms with Crippen molar-refractivity contribution < 1.29 is 0 Å². The number of aryl methyl sites for hydroxylation is 1. The molecule has 0 saturated heterocycles. The quantitative estimate of drug-likeness (QED) is 0.495. The first-order valence-corrected chi connectivity index (χ1v) is 5.39. The molecule has 1 N–H and O–H groups in total. The van der Waals surface area contributed by atoms with Crippen molar-refractivity contribution in [2.24, 2.45) is 0 Å². The molecule has 0 bridgehead atoms. The maximum Gasteiger partial charge on any atom is 0.0169 e. The van der Waals surface area contributed by atoms with Crippen LogP contribution in [0, 0.1) is 0 Å². The standard InChI is InChI=1S/C10H14IN/c11-12-9-5-4-8-10-6-2-1-3-7-10/h1-3,6-7,12H,4-5,8-9H2. The van der Waals surface area contributed by atoms with Gasteiger partial charge < -0.3 is 0 Å². The van der Waals surface area contributed by atoms with Crippen LogP contribution in [0.1, 0.15) is 18.4 Å². The second-order valence-electron chi connectivity index (χ2n) is 2.83. The Kier molecular flexibility index (Phi) is 5.35. The molecule has 0 atom stereocenters. The minimum absolute atomic E-state index is 1.12. The van der Waals surface area contributed by atoms with Crippen LogP contribution in [0.25, 0.3) is 0 Å². The average molecular weight is 275 g/mol. The highest BCUT2D eigenvalue weighted by Crippen LogP contribution is 2.03. The number of rotatable bonds is 5. The number of benzene rings is 1. The first-order valence-electron chi connectivity index (χ1n) is 4.31. The zero-order chi connectivity index (χ0) is 8.65. The van der Waals surface area contributed by atoms with Gasteiger partial charge in [0, 0.05) is 29.4 Å². The van der Waals surface area contributed by atoms with E-state index in [-0.39, 0.29) is 0 Å². The maximum atomic E-state index is 3.12. The van der Waals surface area contributed by atoms with E-state index >= 15 is 0 Å². The van der Waals surface area contributed by atoms with Gasteiger partial charge in [-0.2, -0.15) is 0 Å². The highest BCUT2D eigenvalue weighted by Gasteiger charge is 1.90. The van der Waals surface area contributed by atoms with E-state index in [1.165, 1.54) is 24.8 Å². The number of unbranched alkanes of at least 4 members (excludes halogenated alkanes) is 1. The van der Waals surface area contributed by atoms with Crippen molar-refractivity contribution in [2.75, 3.05) is 6.54 Å². The minimum Gasteiger partial charge on any atom is -0.261 e. The molecule has 1 aromatic rings. The summed E-state index contributed by atoms with van der Waals surface area (Å²) < 4.78 is 3.12. The molecule has 0 fully saturated rings. The van der Waals surface area contributed by atoms with Crippen LogP contribution < -0.4 is 3.53 Å². The van der Waals surface area contributed by atoms with Crippen molar-refractivity contribution in [2.45, 2.75) is 19.3 Å². The lowest BCUT2D eigenvalue weighted by Crippen LogP contribution is -1.99. The predicted molar refractivity (Wildman–Crippen MR) is 61.4 cm³/mol. The fraction of sp³-hybridized carbons (Fsp3) is 0.400. The highest BCUT2D eigenvalue weighted by atomic mass is 127. The van der Waals surface area contributed by atoms with Crippen molar-refractivity contribution in [3.63, 3.8) is 0 Å². The van der Waals surface area contributed by atoms with E-state index in [4.69, 9.17) is 0 Å². The van der Waals surface area contributed by atoms with Crippen molar-refractivity contribution in [3.8, 4) is 0 Å². The summed E-state index contributed by atoms with van der Waals surface area (Å²) in [5.74, 6) is 0. The smallest absolute Gasteiger partial charge is 0.0169 e. The largest absolute Gasteiger partial charge is 0.261 e. The van der Waals surface area contributed by atoms with Crippen LogP contribution in [0.15, 0.2) is 30.3 Å². The van der Waals surface area contributed by atoms with E-state index in [9.17, 15) is 0 Å². The summed E-state index contributed by atoms with van der Waals surface area (Å²) in [6.07, 6.45) is 3.75. The Labute approximate surface area is 88.1 Å². The Bertz CT molecular complexity index is 198. The van der Waals surface area contributed by atoms with Crippen LogP contribution in [0.4, 0.5) is 0 Å². The number of halogens is 1. The third-order valence-electron chi connectivity index (χ3n) is 1.83. The van der Waals surface area contributed by atoms with Crippen molar-refractivity contribution in [1.29, 1.82) is 0 Å². The zero-order valence-corrected chi connectivity index (χ0v) is 9.25. The molecule has 0 unspecified atom stereocenters. The lowest BCUT2D eigenvalue weighted by molar-refractivity contribution is 0.732. The lowest BCUT2D eigenvalue weighted by Gasteiger charge is -1.99. The fourth-order valence-electron chi connectivity index (χ4n) is 1.17. The van der Waals surface area contributed by atoms with Gasteiger partial charge in [0.1, 0.15) is 0 Å². The SMILES string of the molecule is INCCCCc1ccccc1. The Balaban J connectivity index is 2.16. The van der Waals surface area contributed by atoms with E-state index in [2.05, 4.69) is 56.7 Å². The molecule has 0 saturated carbocycles. The van der Waals surface area contributed by atoms with Crippen LogP contribution in [0.2, 0.25) is 0 Å². The third kappa shape index (κ3) is 4.07. The molecular weight excluding hydrogens is 261 g/mol. The van der Waals surface area contributed by atoms with Gasteiger partial charge in [0.15, 0.2) is 0 Å². The molecule has 1 rings (SSSR count). The summed E-state index contributed by atoms with van der Waals surface area (Å²) in [6.45, 7) is 1.12. The van der Waals surface area contributed by atoms with Crippen LogP contribution in [0.5, 0.6) is 0 Å². The predicted octanol–water partition coefficient (Wildman–Crippen LogP) is 2.95. The molecular formula is C10H14IN. The first-order chi connectivity index (χ1) is 5.93. The Morgan fingerprint density at radius 1 is 1.08 bits per heavy atom. The lowest BCUT2D eigenvalue weighted by atomic mass is 10.1. The molecule has 1 nitrogen and oxygen atoms in total. The van der Waals surface area contributed by atoms with Crippen LogP contribution >= 0.6 is 22.9 Å². The molecule has 1 aromatic carbocycles. The van der Waals surface area contributed by atoms with Gasteiger partial charge in [0.25, 0.3) is 0 Å². The van der Waals surface area contributed by atoms with Crippen LogP contribution in [-0.2, 0) is 6.42 Å². The van der Waals surface area contributed by atoms with Gasteiger partial charge in [0.2, 0.25) is 0 Å². The molecule has 66 valence electrons.